The molecule has 0 bridgehead atoms. The summed E-state index contributed by atoms with van der Waals surface area (Å²) in [7, 11) is -6.56. The lowest BCUT2D eigenvalue weighted by atomic mass is 9.24. The van der Waals surface area contributed by atoms with E-state index in [1.807, 2.05) is 0 Å². The third kappa shape index (κ3) is 4.27. The molecule has 1 saturated heterocycles. The Balaban J connectivity index is 2.51. The van der Waals surface area contributed by atoms with Crippen LogP contribution in [0.5, 0.6) is 0 Å². The maximum absolute atomic E-state index is 16.2. The van der Waals surface area contributed by atoms with Crippen LogP contribution in [0.4, 0.5) is 43.9 Å². The molecular weight excluding hydrogens is 634 g/mol. The molecule has 44 heavy (non-hydrogen) atoms. The Morgan fingerprint density at radius 3 is 1.11 bits per heavy atom. The molecular formula is C30H33BF10NPSi. The zero-order chi connectivity index (χ0) is 33.7. The van der Waals surface area contributed by atoms with E-state index in [0.717, 1.165) is 0 Å². The van der Waals surface area contributed by atoms with Crippen molar-refractivity contribution in [3.8, 4) is 0 Å². The molecule has 14 heteroatoms. The SMILES string of the molecule is CC(C)(C)[P+]1(C(C)(C)C)[C@H](c2ccccc2)[B-](c2c(F)c(F)c(F)c(F)c2F)(c2c(F)c(F)c(F)c(F)c2F)N1[Si](C)(C)C. The fourth-order valence-corrected chi connectivity index (χ4v) is 23.6. The van der Waals surface area contributed by atoms with Gasteiger partial charge in [-0.05, 0) is 47.1 Å². The van der Waals surface area contributed by atoms with Crippen molar-refractivity contribution in [1.29, 1.82) is 0 Å². The van der Waals surface area contributed by atoms with Crippen molar-refractivity contribution >= 4 is 32.9 Å². The van der Waals surface area contributed by atoms with Gasteiger partial charge in [-0.25, -0.2) is 43.9 Å². The van der Waals surface area contributed by atoms with Crippen molar-refractivity contribution in [2.75, 3.05) is 0 Å². The molecule has 1 aliphatic rings. The Bertz CT molecular complexity index is 1510. The molecule has 0 spiro atoms. The third-order valence-corrected chi connectivity index (χ3v) is 20.0. The Labute approximate surface area is 252 Å². The van der Waals surface area contributed by atoms with Crippen LogP contribution in [-0.2, 0) is 0 Å². The molecule has 1 aliphatic heterocycles. The van der Waals surface area contributed by atoms with E-state index in [1.54, 1.807) is 67.2 Å². The summed E-state index contributed by atoms with van der Waals surface area (Å²) in [5.74, 6) is -24.2. The minimum Gasteiger partial charge on any atom is -0.348 e. The van der Waals surface area contributed by atoms with Crippen molar-refractivity contribution < 1.29 is 43.9 Å². The smallest absolute Gasteiger partial charge is 0.207 e. The van der Waals surface area contributed by atoms with Crippen LogP contribution in [0.25, 0.3) is 0 Å². The van der Waals surface area contributed by atoms with Gasteiger partial charge in [0.1, 0.15) is 31.5 Å². The van der Waals surface area contributed by atoms with Crippen molar-refractivity contribution in [3.05, 3.63) is 94.1 Å². The zero-order valence-corrected chi connectivity index (χ0v) is 27.6. The average Bonchev–Trinajstić information content (AvgIpc) is 2.89. The first kappa shape index (κ1) is 34.5. The minimum absolute atomic E-state index is 0.202. The predicted octanol–water partition coefficient (Wildman–Crippen LogP) is 9.10. The lowest BCUT2D eigenvalue weighted by Gasteiger charge is -2.81. The van der Waals surface area contributed by atoms with E-state index in [0.29, 0.717) is 0 Å². The third-order valence-electron chi connectivity index (χ3n) is 8.83. The van der Waals surface area contributed by atoms with Gasteiger partial charge in [0.2, 0.25) is 6.28 Å². The summed E-state index contributed by atoms with van der Waals surface area (Å²) in [6, 6.07) is 7.58. The highest BCUT2D eigenvalue weighted by molar-refractivity contribution is 7.87. The van der Waals surface area contributed by atoms with Crippen LogP contribution in [0.15, 0.2) is 30.3 Å². The lowest BCUT2D eigenvalue weighted by Crippen LogP contribution is -2.89. The fraction of sp³-hybridized carbons (Fsp3) is 0.400. The Hall–Kier alpha value is -2.37. The number of hydrogen-bond donors (Lipinski definition) is 0. The molecule has 0 aromatic heterocycles. The predicted molar refractivity (Wildman–Crippen MR) is 158 cm³/mol. The molecule has 3 aromatic rings. The Kier molecular flexibility index (Phi) is 8.30. The average molecular weight is 667 g/mol. The molecule has 1 atom stereocenters. The van der Waals surface area contributed by atoms with E-state index in [-0.39, 0.29) is 5.56 Å². The maximum atomic E-state index is 16.2. The Morgan fingerprint density at radius 2 is 0.841 bits per heavy atom. The first-order chi connectivity index (χ1) is 19.9. The minimum atomic E-state index is -4.15. The normalized spacial score (nSPS) is 18.8. The van der Waals surface area contributed by atoms with Gasteiger partial charge in [0.15, 0.2) is 34.9 Å². The van der Waals surface area contributed by atoms with Gasteiger partial charge >= 0.3 is 0 Å². The van der Waals surface area contributed by atoms with E-state index in [4.69, 9.17) is 0 Å². The standard InChI is InChI=1S/C30H33BF10NPSi/c1-29(2,3)43(30(4,5)6)28(15-13-11-10-12-14-15)31(42(43)44(7,8)9,16-18(32)22(36)26(40)23(37)19(16)33)17-20(34)24(38)27(41)25(39)21(17)35/h10-14,28H,1-9H3/t28-/m1/s1. The van der Waals surface area contributed by atoms with Gasteiger partial charge in [0.05, 0.1) is 10.3 Å². The second-order valence-electron chi connectivity index (χ2n) is 14.3. The molecule has 0 radical (unpaired) electrons. The van der Waals surface area contributed by atoms with Crippen LogP contribution in [0.1, 0.15) is 52.7 Å². The number of nitrogens with zero attached hydrogens (tertiary/aromatic N) is 1. The highest BCUT2D eigenvalue weighted by Gasteiger charge is 2.82. The van der Waals surface area contributed by atoms with Crippen LogP contribution in [0.3, 0.4) is 0 Å². The first-order valence-electron chi connectivity index (χ1n) is 13.9. The topological polar surface area (TPSA) is 3.24 Å². The quantitative estimate of drug-likeness (QED) is 0.0883. The van der Waals surface area contributed by atoms with Crippen molar-refractivity contribution in [2.24, 2.45) is 0 Å². The summed E-state index contributed by atoms with van der Waals surface area (Å²) < 4.78 is 156. The van der Waals surface area contributed by atoms with Gasteiger partial charge in [-0.2, -0.15) is 0 Å². The summed E-state index contributed by atoms with van der Waals surface area (Å²) in [6.07, 6.45) is -4.15. The van der Waals surface area contributed by atoms with Gasteiger partial charge in [0.25, 0.3) is 0 Å². The monoisotopic (exact) mass is 667 g/mol. The summed E-state index contributed by atoms with van der Waals surface area (Å²) in [4.78, 5) is 0. The molecule has 0 unspecified atom stereocenters. The molecule has 0 amide bonds. The van der Waals surface area contributed by atoms with E-state index in [9.17, 15) is 8.78 Å². The van der Waals surface area contributed by atoms with E-state index >= 15 is 35.1 Å². The number of halogens is 10. The van der Waals surface area contributed by atoms with Crippen LogP contribution in [0, 0.1) is 58.2 Å². The number of benzene rings is 3. The highest BCUT2D eigenvalue weighted by atomic mass is 31.2. The maximum Gasteiger partial charge on any atom is 0.207 e. The van der Waals surface area contributed by atoms with Gasteiger partial charge in [-0.3, -0.25) is 0 Å². The fourth-order valence-electron chi connectivity index (χ4n) is 8.23. The molecule has 1 fully saturated rings. The van der Waals surface area contributed by atoms with Crippen LogP contribution >= 0.6 is 7.41 Å². The van der Waals surface area contributed by atoms with Gasteiger partial charge < -0.3 is 4.25 Å². The van der Waals surface area contributed by atoms with Gasteiger partial charge in [-0.1, -0.05) is 50.0 Å². The van der Waals surface area contributed by atoms with Gasteiger partial charge in [-0.15, -0.1) is 10.9 Å². The zero-order valence-electron chi connectivity index (χ0n) is 25.7. The molecule has 1 heterocycles. The summed E-state index contributed by atoms with van der Waals surface area (Å²) >= 11 is 0. The van der Waals surface area contributed by atoms with E-state index in [1.165, 1.54) is 28.5 Å². The van der Waals surface area contributed by atoms with Crippen LogP contribution in [0.2, 0.25) is 19.6 Å². The molecule has 3 aromatic carbocycles. The molecule has 0 aliphatic carbocycles. The molecule has 0 N–H and O–H groups in total. The van der Waals surface area contributed by atoms with Crippen LogP contribution in [-0.4, -0.2) is 29.1 Å². The Morgan fingerprint density at radius 1 is 0.545 bits per heavy atom. The molecule has 4 rings (SSSR count). The summed E-state index contributed by atoms with van der Waals surface area (Å²) in [5, 5.41) is -1.77. The van der Waals surface area contributed by atoms with Gasteiger partial charge in [0, 0.05) is 13.0 Å². The number of rotatable bonds is 4. The summed E-state index contributed by atoms with van der Waals surface area (Å²) in [6.45, 7) is 15.7. The highest BCUT2D eigenvalue weighted by Crippen LogP contribution is 2.95. The van der Waals surface area contributed by atoms with E-state index in [2.05, 4.69) is 0 Å². The largest absolute Gasteiger partial charge is 0.348 e. The van der Waals surface area contributed by atoms with Crippen molar-refractivity contribution in [3.63, 3.8) is 0 Å². The molecule has 1 nitrogen and oxygen atoms in total. The second kappa shape index (κ2) is 10.6. The molecule has 0 saturated carbocycles. The van der Waals surface area contributed by atoms with E-state index < -0.39 is 107 Å². The summed E-state index contributed by atoms with van der Waals surface area (Å²) in [5.41, 5.74) is -4.46. The number of hydrogen-bond acceptors (Lipinski definition) is 1. The van der Waals surface area contributed by atoms with Crippen molar-refractivity contribution in [1.82, 2.24) is 4.25 Å². The lowest BCUT2D eigenvalue weighted by molar-refractivity contribution is 0.380. The van der Waals surface area contributed by atoms with Crippen LogP contribution < -0.4 is 10.9 Å². The first-order valence-corrected chi connectivity index (χ1v) is 19.1. The molecule has 240 valence electrons. The van der Waals surface area contributed by atoms with Crippen molar-refractivity contribution in [2.45, 2.75) is 77.1 Å². The second-order valence-corrected chi connectivity index (χ2v) is 24.5.